The second-order valence-electron chi connectivity index (χ2n) is 7.91. The molecule has 1 aromatic carbocycles. The van der Waals surface area contributed by atoms with Gasteiger partial charge in [0, 0.05) is 30.8 Å². The number of carbonyl (C=O) groups is 2. The Kier molecular flexibility index (Phi) is 6.49. The van der Waals surface area contributed by atoms with E-state index >= 15 is 0 Å². The van der Waals surface area contributed by atoms with Gasteiger partial charge in [0.15, 0.2) is 0 Å². The Hall–Kier alpha value is -2.52. The fourth-order valence-corrected chi connectivity index (χ4v) is 4.08. The van der Waals surface area contributed by atoms with E-state index in [0.717, 1.165) is 19.3 Å². The SMILES string of the molecule is CN(C)CCNC(=O)C1COC2(CCCCC2)N1C(=O)c1cccc([N+](=O)[O-])c1. The fourth-order valence-electron chi connectivity index (χ4n) is 4.08. The summed E-state index contributed by atoms with van der Waals surface area (Å²) in [5.74, 6) is -0.658. The third kappa shape index (κ3) is 4.56. The molecular formula is C20H28N4O5. The molecule has 29 heavy (non-hydrogen) atoms. The first-order valence-electron chi connectivity index (χ1n) is 9.98. The normalized spacial score (nSPS) is 20.8. The molecule has 3 rings (SSSR count). The van der Waals surface area contributed by atoms with Gasteiger partial charge in [-0.05, 0) is 45.8 Å². The van der Waals surface area contributed by atoms with Crippen LogP contribution in [0.15, 0.2) is 24.3 Å². The van der Waals surface area contributed by atoms with Gasteiger partial charge in [0.2, 0.25) is 5.91 Å². The van der Waals surface area contributed by atoms with Crippen molar-refractivity contribution in [3.05, 3.63) is 39.9 Å². The molecule has 1 heterocycles. The molecule has 1 saturated carbocycles. The zero-order chi connectivity index (χ0) is 21.0. The van der Waals surface area contributed by atoms with Crippen molar-refractivity contribution in [2.24, 2.45) is 0 Å². The molecule has 1 aromatic rings. The van der Waals surface area contributed by atoms with Crippen molar-refractivity contribution in [3.8, 4) is 0 Å². The largest absolute Gasteiger partial charge is 0.353 e. The van der Waals surface area contributed by atoms with Crippen molar-refractivity contribution in [3.63, 3.8) is 0 Å². The van der Waals surface area contributed by atoms with Crippen molar-refractivity contribution >= 4 is 17.5 Å². The quantitative estimate of drug-likeness (QED) is 0.572. The van der Waals surface area contributed by atoms with E-state index in [2.05, 4.69) is 5.32 Å². The zero-order valence-electron chi connectivity index (χ0n) is 16.9. The number of likely N-dealkylation sites (N-methyl/N-ethyl adjacent to an activating group) is 1. The highest BCUT2D eigenvalue weighted by Gasteiger charge is 2.53. The number of nitro groups is 1. The minimum absolute atomic E-state index is 0.133. The van der Waals surface area contributed by atoms with Gasteiger partial charge in [-0.25, -0.2) is 0 Å². The average molecular weight is 404 g/mol. The summed E-state index contributed by atoms with van der Waals surface area (Å²) in [7, 11) is 3.83. The summed E-state index contributed by atoms with van der Waals surface area (Å²) >= 11 is 0. The van der Waals surface area contributed by atoms with Crippen molar-refractivity contribution in [1.82, 2.24) is 15.1 Å². The summed E-state index contributed by atoms with van der Waals surface area (Å²) in [5, 5.41) is 14.0. The lowest BCUT2D eigenvalue weighted by atomic mass is 9.89. The highest BCUT2D eigenvalue weighted by molar-refractivity contribution is 5.99. The average Bonchev–Trinajstić information content (AvgIpc) is 3.06. The van der Waals surface area contributed by atoms with Crippen LogP contribution < -0.4 is 5.32 Å². The molecule has 0 aromatic heterocycles. The third-order valence-electron chi connectivity index (χ3n) is 5.58. The Morgan fingerprint density at radius 3 is 2.69 bits per heavy atom. The molecule has 9 heteroatoms. The molecule has 1 aliphatic carbocycles. The molecule has 1 spiro atoms. The lowest BCUT2D eigenvalue weighted by Crippen LogP contribution is -2.56. The van der Waals surface area contributed by atoms with Crippen LogP contribution in [0.4, 0.5) is 5.69 Å². The van der Waals surface area contributed by atoms with E-state index < -0.39 is 22.6 Å². The first-order chi connectivity index (χ1) is 13.8. The topological polar surface area (TPSA) is 105 Å². The minimum atomic E-state index is -0.816. The number of non-ortho nitro benzene ring substituents is 1. The van der Waals surface area contributed by atoms with Crippen LogP contribution in [0, 0.1) is 10.1 Å². The number of nitrogens with zero attached hydrogens (tertiary/aromatic N) is 3. The van der Waals surface area contributed by atoms with Crippen LogP contribution in [0.2, 0.25) is 0 Å². The maximum atomic E-state index is 13.4. The van der Waals surface area contributed by atoms with E-state index in [1.807, 2.05) is 19.0 Å². The summed E-state index contributed by atoms with van der Waals surface area (Å²) in [6, 6.07) is 4.90. The Labute approximate surface area is 170 Å². The number of carbonyl (C=O) groups excluding carboxylic acids is 2. The smallest absolute Gasteiger partial charge is 0.270 e. The first-order valence-corrected chi connectivity index (χ1v) is 9.98. The van der Waals surface area contributed by atoms with E-state index in [4.69, 9.17) is 4.74 Å². The lowest BCUT2D eigenvalue weighted by molar-refractivity contribution is -0.384. The monoisotopic (exact) mass is 404 g/mol. The van der Waals surface area contributed by atoms with Gasteiger partial charge in [0.1, 0.15) is 11.8 Å². The molecular weight excluding hydrogens is 376 g/mol. The van der Waals surface area contributed by atoms with Crippen LogP contribution >= 0.6 is 0 Å². The predicted molar refractivity (Wildman–Crippen MR) is 106 cm³/mol. The Morgan fingerprint density at radius 2 is 2.03 bits per heavy atom. The predicted octanol–water partition coefficient (Wildman–Crippen LogP) is 1.77. The van der Waals surface area contributed by atoms with Crippen molar-refractivity contribution in [1.29, 1.82) is 0 Å². The van der Waals surface area contributed by atoms with Gasteiger partial charge < -0.3 is 15.0 Å². The molecule has 2 fully saturated rings. The summed E-state index contributed by atoms with van der Waals surface area (Å²) in [5.41, 5.74) is -0.773. The molecule has 1 unspecified atom stereocenters. The van der Waals surface area contributed by atoms with Gasteiger partial charge >= 0.3 is 0 Å². The van der Waals surface area contributed by atoms with Crippen molar-refractivity contribution in [2.45, 2.75) is 43.9 Å². The van der Waals surface area contributed by atoms with E-state index in [9.17, 15) is 19.7 Å². The summed E-state index contributed by atoms with van der Waals surface area (Å²) < 4.78 is 6.08. The number of benzene rings is 1. The van der Waals surface area contributed by atoms with Gasteiger partial charge in [-0.3, -0.25) is 24.6 Å². The van der Waals surface area contributed by atoms with Crippen LogP contribution in [-0.4, -0.2) is 72.1 Å². The summed E-state index contributed by atoms with van der Waals surface area (Å²) in [4.78, 5) is 40.4. The van der Waals surface area contributed by atoms with Crippen molar-refractivity contribution in [2.75, 3.05) is 33.8 Å². The molecule has 1 aliphatic heterocycles. The molecule has 158 valence electrons. The Balaban J connectivity index is 1.87. The van der Waals surface area contributed by atoms with Gasteiger partial charge in [0.05, 0.1) is 11.5 Å². The first kappa shape index (κ1) is 21.2. The molecule has 2 amide bonds. The number of ether oxygens (including phenoxy) is 1. The number of hydrogen-bond acceptors (Lipinski definition) is 6. The highest BCUT2D eigenvalue weighted by atomic mass is 16.6. The zero-order valence-corrected chi connectivity index (χ0v) is 16.9. The molecule has 9 nitrogen and oxygen atoms in total. The maximum absolute atomic E-state index is 13.4. The molecule has 1 N–H and O–H groups in total. The van der Waals surface area contributed by atoms with Crippen LogP contribution in [0.3, 0.4) is 0 Å². The van der Waals surface area contributed by atoms with Gasteiger partial charge in [-0.15, -0.1) is 0 Å². The molecule has 0 bridgehead atoms. The van der Waals surface area contributed by atoms with Crippen LogP contribution in [-0.2, 0) is 9.53 Å². The standard InChI is InChI=1S/C20H28N4O5/c1-22(2)12-11-21-18(25)17-14-29-20(9-4-3-5-10-20)23(17)19(26)15-7-6-8-16(13-15)24(27)28/h6-8,13,17H,3-5,9-12,14H2,1-2H3,(H,21,25). The van der Waals surface area contributed by atoms with Gasteiger partial charge in [-0.1, -0.05) is 12.5 Å². The summed E-state index contributed by atoms with van der Waals surface area (Å²) in [6.07, 6.45) is 4.20. The second kappa shape index (κ2) is 8.87. The van der Waals surface area contributed by atoms with Gasteiger partial charge in [0.25, 0.3) is 11.6 Å². The highest BCUT2D eigenvalue weighted by Crippen LogP contribution is 2.41. The molecule has 1 atom stereocenters. The lowest BCUT2D eigenvalue weighted by Gasteiger charge is -2.41. The number of nitro benzene ring substituents is 1. The van der Waals surface area contributed by atoms with Crippen LogP contribution in [0.1, 0.15) is 42.5 Å². The third-order valence-corrected chi connectivity index (χ3v) is 5.58. The van der Waals surface area contributed by atoms with Gasteiger partial charge in [-0.2, -0.15) is 0 Å². The van der Waals surface area contributed by atoms with E-state index in [0.29, 0.717) is 25.9 Å². The molecule has 1 saturated heterocycles. The minimum Gasteiger partial charge on any atom is -0.353 e. The van der Waals surface area contributed by atoms with Crippen LogP contribution in [0.25, 0.3) is 0 Å². The number of hydrogen-bond donors (Lipinski definition) is 1. The van der Waals surface area contributed by atoms with Crippen LogP contribution in [0.5, 0.6) is 0 Å². The van der Waals surface area contributed by atoms with E-state index in [1.54, 1.807) is 6.07 Å². The molecule has 0 radical (unpaired) electrons. The van der Waals surface area contributed by atoms with Crippen molar-refractivity contribution < 1.29 is 19.2 Å². The number of rotatable bonds is 6. The number of nitrogens with one attached hydrogen (secondary N) is 1. The fraction of sp³-hybridized carbons (Fsp3) is 0.600. The molecule has 2 aliphatic rings. The maximum Gasteiger partial charge on any atom is 0.270 e. The second-order valence-corrected chi connectivity index (χ2v) is 7.91. The van der Waals surface area contributed by atoms with E-state index in [-0.39, 0.29) is 23.8 Å². The Morgan fingerprint density at radius 1 is 1.31 bits per heavy atom. The number of amides is 2. The Bertz CT molecular complexity index is 776. The van der Waals surface area contributed by atoms with E-state index in [1.165, 1.54) is 23.1 Å². The summed E-state index contributed by atoms with van der Waals surface area (Å²) in [6.45, 7) is 1.28.